The Labute approximate surface area is 148 Å². The van der Waals surface area contributed by atoms with E-state index in [2.05, 4.69) is 18.1 Å². The molecule has 2 amide bonds. The van der Waals surface area contributed by atoms with Crippen LogP contribution in [0.1, 0.15) is 5.56 Å². The van der Waals surface area contributed by atoms with Crippen LogP contribution < -0.4 is 16.1 Å². The van der Waals surface area contributed by atoms with Gasteiger partial charge in [0.15, 0.2) is 0 Å². The molecule has 7 nitrogen and oxygen atoms in total. The number of aromatic nitrogens is 2. The third-order valence-electron chi connectivity index (χ3n) is 3.97. The molecule has 1 N–H and O–H groups in total. The van der Waals surface area contributed by atoms with Crippen molar-refractivity contribution < 1.29 is 9.59 Å². The highest BCUT2D eigenvalue weighted by atomic mass is 16.2. The van der Waals surface area contributed by atoms with Crippen molar-refractivity contribution in [1.82, 2.24) is 9.55 Å². The average Bonchev–Trinajstić information content (AvgIpc) is 2.84. The van der Waals surface area contributed by atoms with E-state index in [0.717, 1.165) is 21.2 Å². The SMILES string of the molecule is C=C/C=C1\C(=C)C(=O)N(c2c[nH]c(=O)n(Cc3ccccc3)c2=O)C1=O. The minimum atomic E-state index is -0.744. The monoisotopic (exact) mass is 349 g/mol. The first-order valence-electron chi connectivity index (χ1n) is 7.73. The van der Waals surface area contributed by atoms with Gasteiger partial charge in [0.1, 0.15) is 5.69 Å². The van der Waals surface area contributed by atoms with Crippen LogP contribution in [-0.4, -0.2) is 21.4 Å². The van der Waals surface area contributed by atoms with Gasteiger partial charge in [-0.3, -0.25) is 19.0 Å². The van der Waals surface area contributed by atoms with Gasteiger partial charge in [0, 0.05) is 11.8 Å². The van der Waals surface area contributed by atoms with E-state index in [4.69, 9.17) is 0 Å². The Bertz CT molecular complexity index is 1070. The minimum absolute atomic E-state index is 0.00929. The first-order valence-corrected chi connectivity index (χ1v) is 7.73. The summed E-state index contributed by atoms with van der Waals surface area (Å²) in [6.07, 6.45) is 3.78. The fraction of sp³-hybridized carbons (Fsp3) is 0.0526. The van der Waals surface area contributed by atoms with E-state index in [-0.39, 0.29) is 23.4 Å². The van der Waals surface area contributed by atoms with Gasteiger partial charge >= 0.3 is 5.69 Å². The van der Waals surface area contributed by atoms with Gasteiger partial charge in [0.05, 0.1) is 12.1 Å². The van der Waals surface area contributed by atoms with Crippen molar-refractivity contribution in [3.8, 4) is 0 Å². The van der Waals surface area contributed by atoms with Crippen LogP contribution in [0.2, 0.25) is 0 Å². The zero-order chi connectivity index (χ0) is 18.8. The number of aromatic amines is 1. The number of H-pyrrole nitrogens is 1. The van der Waals surface area contributed by atoms with Crippen LogP contribution >= 0.6 is 0 Å². The molecule has 0 bridgehead atoms. The molecule has 0 saturated carbocycles. The van der Waals surface area contributed by atoms with Crippen LogP contribution in [0.25, 0.3) is 0 Å². The number of carbonyl (C=O) groups is 2. The summed E-state index contributed by atoms with van der Waals surface area (Å²) < 4.78 is 0.934. The second-order valence-corrected chi connectivity index (χ2v) is 5.60. The van der Waals surface area contributed by atoms with Crippen LogP contribution in [0.15, 0.2) is 82.6 Å². The minimum Gasteiger partial charge on any atom is -0.312 e. The number of imide groups is 1. The summed E-state index contributed by atoms with van der Waals surface area (Å²) in [5.74, 6) is -1.39. The maximum absolute atomic E-state index is 12.8. The van der Waals surface area contributed by atoms with E-state index in [1.54, 1.807) is 24.3 Å². The fourth-order valence-electron chi connectivity index (χ4n) is 2.67. The third-order valence-corrected chi connectivity index (χ3v) is 3.97. The van der Waals surface area contributed by atoms with E-state index >= 15 is 0 Å². The molecule has 7 heteroatoms. The molecule has 1 aliphatic rings. The number of allylic oxidation sites excluding steroid dienone is 2. The predicted molar refractivity (Wildman–Crippen MR) is 96.8 cm³/mol. The Morgan fingerprint density at radius 3 is 2.38 bits per heavy atom. The van der Waals surface area contributed by atoms with Crippen molar-refractivity contribution in [2.45, 2.75) is 6.54 Å². The molecule has 0 radical (unpaired) electrons. The van der Waals surface area contributed by atoms with E-state index in [9.17, 15) is 19.2 Å². The Kier molecular flexibility index (Phi) is 4.36. The smallest absolute Gasteiger partial charge is 0.312 e. The summed E-state index contributed by atoms with van der Waals surface area (Å²) in [5, 5.41) is 0. The molecule has 3 rings (SSSR count). The molecule has 0 unspecified atom stereocenters. The maximum atomic E-state index is 12.8. The number of carbonyl (C=O) groups excluding carboxylic acids is 2. The molecule has 1 aromatic carbocycles. The lowest BCUT2D eigenvalue weighted by Crippen LogP contribution is -2.41. The molecule has 0 spiro atoms. The highest BCUT2D eigenvalue weighted by Crippen LogP contribution is 2.26. The first kappa shape index (κ1) is 17.1. The largest absolute Gasteiger partial charge is 0.328 e. The molecular weight excluding hydrogens is 334 g/mol. The van der Waals surface area contributed by atoms with Gasteiger partial charge in [-0.15, -0.1) is 0 Å². The van der Waals surface area contributed by atoms with Crippen LogP contribution in [0.3, 0.4) is 0 Å². The molecule has 26 heavy (non-hydrogen) atoms. The maximum Gasteiger partial charge on any atom is 0.328 e. The fourth-order valence-corrected chi connectivity index (χ4v) is 2.67. The second kappa shape index (κ2) is 6.64. The molecule has 1 aromatic heterocycles. The van der Waals surface area contributed by atoms with Crippen LogP contribution in [0.4, 0.5) is 5.69 Å². The Morgan fingerprint density at radius 2 is 1.73 bits per heavy atom. The summed E-state index contributed by atoms with van der Waals surface area (Å²) >= 11 is 0. The number of hydrogen-bond acceptors (Lipinski definition) is 4. The van der Waals surface area contributed by atoms with Gasteiger partial charge in [-0.1, -0.05) is 49.6 Å². The molecule has 0 atom stereocenters. The summed E-state index contributed by atoms with van der Waals surface area (Å²) in [5.41, 5.74) is -0.855. The van der Waals surface area contributed by atoms with Crippen molar-refractivity contribution in [2.24, 2.45) is 0 Å². The number of benzene rings is 1. The summed E-state index contributed by atoms with van der Waals surface area (Å²) in [6, 6.07) is 8.90. The van der Waals surface area contributed by atoms with E-state index in [1.807, 2.05) is 6.07 Å². The van der Waals surface area contributed by atoms with Crippen LogP contribution in [0, 0.1) is 0 Å². The zero-order valence-electron chi connectivity index (χ0n) is 13.8. The standard InChI is InChI=1S/C19H15N3O4/c1-3-7-14-12(2)16(23)22(17(14)24)15-10-20-19(26)21(18(15)25)11-13-8-5-4-6-9-13/h3-10H,1-2,11H2,(H,20,26)/b14-7+. The molecular formula is C19H15N3O4. The Hall–Kier alpha value is -3.74. The van der Waals surface area contributed by atoms with Gasteiger partial charge in [0.2, 0.25) is 0 Å². The van der Waals surface area contributed by atoms with Crippen LogP contribution in [-0.2, 0) is 16.1 Å². The zero-order valence-corrected chi connectivity index (χ0v) is 13.8. The van der Waals surface area contributed by atoms with Gasteiger partial charge in [-0.25, -0.2) is 9.69 Å². The quantitative estimate of drug-likeness (QED) is 0.661. The number of amides is 2. The summed E-state index contributed by atoms with van der Waals surface area (Å²) in [6.45, 7) is 7.09. The number of hydrogen-bond donors (Lipinski definition) is 1. The average molecular weight is 349 g/mol. The number of nitrogens with zero attached hydrogens (tertiary/aromatic N) is 2. The molecule has 0 aliphatic carbocycles. The first-order chi connectivity index (χ1) is 12.5. The predicted octanol–water partition coefficient (Wildman–Crippen LogP) is 1.13. The lowest BCUT2D eigenvalue weighted by molar-refractivity contribution is -0.119. The Balaban J connectivity index is 2.10. The van der Waals surface area contributed by atoms with E-state index in [1.165, 1.54) is 12.2 Å². The topological polar surface area (TPSA) is 92.2 Å². The molecule has 2 heterocycles. The lowest BCUT2D eigenvalue weighted by Gasteiger charge is -2.14. The van der Waals surface area contributed by atoms with E-state index in [0.29, 0.717) is 0 Å². The highest BCUT2D eigenvalue weighted by molar-refractivity contribution is 6.36. The van der Waals surface area contributed by atoms with Gasteiger partial charge in [0.25, 0.3) is 17.4 Å². The summed E-state index contributed by atoms with van der Waals surface area (Å²) in [7, 11) is 0. The van der Waals surface area contributed by atoms with Crippen molar-refractivity contribution >= 4 is 17.5 Å². The highest BCUT2D eigenvalue weighted by Gasteiger charge is 2.40. The second-order valence-electron chi connectivity index (χ2n) is 5.60. The van der Waals surface area contributed by atoms with Gasteiger partial charge < -0.3 is 4.98 Å². The molecule has 130 valence electrons. The molecule has 1 aliphatic heterocycles. The van der Waals surface area contributed by atoms with Crippen LogP contribution in [0.5, 0.6) is 0 Å². The lowest BCUT2D eigenvalue weighted by atomic mass is 10.1. The Morgan fingerprint density at radius 1 is 1.04 bits per heavy atom. The van der Waals surface area contributed by atoms with Crippen molar-refractivity contribution in [1.29, 1.82) is 0 Å². The van der Waals surface area contributed by atoms with Gasteiger partial charge in [-0.2, -0.15) is 0 Å². The third kappa shape index (κ3) is 2.75. The number of anilines is 1. The van der Waals surface area contributed by atoms with Crippen molar-refractivity contribution in [3.63, 3.8) is 0 Å². The molecule has 2 aromatic rings. The van der Waals surface area contributed by atoms with Crippen molar-refractivity contribution in [3.05, 3.63) is 99.4 Å². The summed E-state index contributed by atoms with van der Waals surface area (Å²) in [4.78, 5) is 52.9. The van der Waals surface area contributed by atoms with Crippen molar-refractivity contribution in [2.75, 3.05) is 4.90 Å². The molecule has 1 saturated heterocycles. The van der Waals surface area contributed by atoms with E-state index < -0.39 is 23.1 Å². The number of nitrogens with one attached hydrogen (secondary N) is 1. The van der Waals surface area contributed by atoms with Gasteiger partial charge in [-0.05, 0) is 11.6 Å². The normalized spacial score (nSPS) is 15.8. The number of rotatable bonds is 4. The molecule has 1 fully saturated rings.